The number of cyclic esters (lactones) is 1. The molecule has 3 saturated carbocycles. The van der Waals surface area contributed by atoms with Gasteiger partial charge in [0.05, 0.1) is 30.1 Å². The van der Waals surface area contributed by atoms with Crippen LogP contribution in [0.25, 0.3) is 0 Å². The smallest absolute Gasteiger partial charge is 0.339 e. The van der Waals surface area contributed by atoms with Gasteiger partial charge in [-0.05, 0) is 43.1 Å². The third-order valence-corrected chi connectivity index (χ3v) is 11.1. The van der Waals surface area contributed by atoms with Gasteiger partial charge in [-0.25, -0.2) is 4.79 Å². The van der Waals surface area contributed by atoms with Crippen LogP contribution in [0.1, 0.15) is 72.0 Å². The van der Waals surface area contributed by atoms with E-state index in [4.69, 9.17) is 13.9 Å². The minimum atomic E-state index is -0.981. The molecule has 6 rings (SSSR count). The zero-order valence-electron chi connectivity index (χ0n) is 20.0. The first-order valence-corrected chi connectivity index (χ1v) is 12.2. The number of fused-ring (bicyclic) bond motifs is 3. The minimum absolute atomic E-state index is 0.0680. The molecule has 2 N–H and O–H groups in total. The van der Waals surface area contributed by atoms with Crippen molar-refractivity contribution in [2.45, 2.75) is 90.3 Å². The van der Waals surface area contributed by atoms with Crippen LogP contribution >= 0.6 is 0 Å². The molecule has 0 amide bonds. The fourth-order valence-electron chi connectivity index (χ4n) is 9.18. The number of carbonyl (C=O) groups is 2. The molecule has 1 aromatic rings. The fraction of sp³-hybridized carbons (Fsp3) is 0.769. The molecule has 3 aliphatic carbocycles. The summed E-state index contributed by atoms with van der Waals surface area (Å²) in [6.07, 6.45) is 2.36. The zero-order chi connectivity index (χ0) is 23.8. The van der Waals surface area contributed by atoms with E-state index in [9.17, 15) is 19.8 Å². The molecule has 33 heavy (non-hydrogen) atoms. The molecule has 5 fully saturated rings. The Morgan fingerprint density at radius 1 is 1.00 bits per heavy atom. The Balaban J connectivity index is 1.52. The normalized spacial score (nSPS) is 54.4. The monoisotopic (exact) mass is 458 g/mol. The highest BCUT2D eigenvalue weighted by Gasteiger charge is 2.88. The summed E-state index contributed by atoms with van der Waals surface area (Å²) in [6.45, 7) is 10.2. The number of furan rings is 1. The van der Waals surface area contributed by atoms with Crippen molar-refractivity contribution >= 4 is 11.8 Å². The van der Waals surface area contributed by atoms with Gasteiger partial charge in [0.1, 0.15) is 17.5 Å². The number of ketones is 1. The van der Waals surface area contributed by atoms with E-state index in [0.29, 0.717) is 12.8 Å². The van der Waals surface area contributed by atoms with Crippen LogP contribution in [0.3, 0.4) is 0 Å². The Labute approximate surface area is 193 Å². The number of rotatable bonds is 1. The molecule has 0 aromatic carbocycles. The fourth-order valence-corrected chi connectivity index (χ4v) is 9.18. The van der Waals surface area contributed by atoms with Gasteiger partial charge < -0.3 is 24.1 Å². The maximum atomic E-state index is 14.2. The Kier molecular flexibility index (Phi) is 4.03. The van der Waals surface area contributed by atoms with E-state index >= 15 is 0 Å². The van der Waals surface area contributed by atoms with Gasteiger partial charge in [0.25, 0.3) is 0 Å². The molecule has 2 saturated heterocycles. The van der Waals surface area contributed by atoms with E-state index < -0.39 is 57.6 Å². The van der Waals surface area contributed by atoms with Gasteiger partial charge in [0.15, 0.2) is 6.10 Å². The number of esters is 1. The summed E-state index contributed by atoms with van der Waals surface area (Å²) in [5.41, 5.74) is -2.84. The van der Waals surface area contributed by atoms with Crippen LogP contribution in [0.5, 0.6) is 0 Å². The van der Waals surface area contributed by atoms with E-state index in [0.717, 1.165) is 5.56 Å². The van der Waals surface area contributed by atoms with Crippen LogP contribution in [0.2, 0.25) is 0 Å². The number of carbonyl (C=O) groups excluding carboxylic acids is 2. The second-order valence-corrected chi connectivity index (χ2v) is 12.5. The van der Waals surface area contributed by atoms with Gasteiger partial charge >= 0.3 is 5.97 Å². The first kappa shape index (κ1) is 21.8. The number of aliphatic hydroxyl groups is 2. The van der Waals surface area contributed by atoms with Crippen LogP contribution in [0, 0.1) is 33.5 Å². The third-order valence-electron chi connectivity index (χ3n) is 11.1. The molecular formula is C26H34O7. The Morgan fingerprint density at radius 2 is 1.73 bits per heavy atom. The number of hydrogen-bond donors (Lipinski definition) is 2. The van der Waals surface area contributed by atoms with Gasteiger partial charge in [-0.1, -0.05) is 27.7 Å². The van der Waals surface area contributed by atoms with Crippen molar-refractivity contribution in [1.82, 2.24) is 0 Å². The van der Waals surface area contributed by atoms with E-state index in [1.54, 1.807) is 12.5 Å². The number of aliphatic hydroxyl groups excluding tert-OH is 2. The second-order valence-electron chi connectivity index (χ2n) is 12.5. The van der Waals surface area contributed by atoms with Gasteiger partial charge in [-0.3, -0.25) is 4.79 Å². The zero-order valence-corrected chi connectivity index (χ0v) is 20.0. The highest BCUT2D eigenvalue weighted by atomic mass is 16.7. The average molecular weight is 459 g/mol. The quantitative estimate of drug-likeness (QED) is 0.491. The Bertz CT molecular complexity index is 1030. The van der Waals surface area contributed by atoms with Crippen molar-refractivity contribution in [1.29, 1.82) is 0 Å². The summed E-state index contributed by atoms with van der Waals surface area (Å²) < 4.78 is 17.5. The molecule has 0 radical (unpaired) electrons. The largest absolute Gasteiger partial charge is 0.472 e. The summed E-state index contributed by atoms with van der Waals surface area (Å²) in [6, 6.07) is 1.81. The third kappa shape index (κ3) is 2.15. The molecule has 3 heterocycles. The summed E-state index contributed by atoms with van der Waals surface area (Å²) in [5.74, 6) is -0.696. The SMILES string of the molecule is CC1(C)[C@H](O)C[C@H](O)[C@@]2(C)[C@@H]1CC(=O)[C@@]1(C)[C@@H]2CC[C@@]2(C)[C@@H](c3ccoc3)OC(=O)[C@H]3O[C@@]321. The molecule has 5 aliphatic rings. The van der Waals surface area contributed by atoms with Crippen LogP contribution in [0.15, 0.2) is 23.0 Å². The van der Waals surface area contributed by atoms with E-state index in [1.165, 1.54) is 0 Å². The number of Topliss-reactive ketones (excluding diaryl/α,β-unsaturated/α-hetero) is 1. The van der Waals surface area contributed by atoms with Gasteiger partial charge in [0.2, 0.25) is 0 Å². The molecule has 10 atom stereocenters. The minimum Gasteiger partial charge on any atom is -0.472 e. The molecular weight excluding hydrogens is 424 g/mol. The van der Waals surface area contributed by atoms with Crippen molar-refractivity contribution in [3.63, 3.8) is 0 Å². The van der Waals surface area contributed by atoms with Crippen molar-refractivity contribution in [3.8, 4) is 0 Å². The van der Waals surface area contributed by atoms with E-state index in [2.05, 4.69) is 13.8 Å². The van der Waals surface area contributed by atoms with E-state index in [1.807, 2.05) is 26.8 Å². The van der Waals surface area contributed by atoms with Crippen molar-refractivity contribution < 1.29 is 33.7 Å². The number of ether oxygens (including phenoxy) is 2. The molecule has 0 unspecified atom stereocenters. The summed E-state index contributed by atoms with van der Waals surface area (Å²) >= 11 is 0. The lowest BCUT2D eigenvalue weighted by molar-refractivity contribution is -0.253. The number of epoxide rings is 1. The molecule has 7 heteroatoms. The van der Waals surface area contributed by atoms with Gasteiger partial charge in [-0.15, -0.1) is 0 Å². The average Bonchev–Trinajstić information content (AvgIpc) is 3.32. The molecule has 1 spiro atoms. The van der Waals surface area contributed by atoms with Crippen molar-refractivity contribution in [2.24, 2.45) is 33.5 Å². The predicted molar refractivity (Wildman–Crippen MR) is 116 cm³/mol. The molecule has 7 nitrogen and oxygen atoms in total. The second kappa shape index (κ2) is 6.10. The van der Waals surface area contributed by atoms with Crippen LogP contribution in [-0.4, -0.2) is 45.9 Å². The molecule has 0 bridgehead atoms. The first-order chi connectivity index (χ1) is 15.4. The maximum absolute atomic E-state index is 14.2. The summed E-state index contributed by atoms with van der Waals surface area (Å²) in [4.78, 5) is 27.2. The highest BCUT2D eigenvalue weighted by Crippen LogP contribution is 2.79. The Morgan fingerprint density at radius 3 is 2.39 bits per heavy atom. The molecule has 1 aromatic heterocycles. The number of hydrogen-bond acceptors (Lipinski definition) is 7. The van der Waals surface area contributed by atoms with Gasteiger partial charge in [0, 0.05) is 29.2 Å². The molecule has 180 valence electrons. The Hall–Kier alpha value is -1.70. The lowest BCUT2D eigenvalue weighted by Crippen LogP contribution is -2.74. The summed E-state index contributed by atoms with van der Waals surface area (Å²) in [7, 11) is 0. The van der Waals surface area contributed by atoms with Crippen LogP contribution in [-0.2, 0) is 19.1 Å². The predicted octanol–water partition coefficient (Wildman–Crippen LogP) is 3.18. The topological polar surface area (TPSA) is 110 Å². The maximum Gasteiger partial charge on any atom is 0.339 e. The first-order valence-electron chi connectivity index (χ1n) is 12.2. The standard InChI is InChI=1S/C26H34O7/c1-22(2)15-10-18(29)25(5)14(24(15,4)17(28)11-16(22)27)6-8-23(3)19(13-7-9-31-12-13)32-21(30)20-26(23,25)33-20/h7,9,12,14-17,19-20,27-28H,6,8,10-11H2,1-5H3/t14-,15-,16-,17+,19-,20-,23+,24-,25-,26+/m1/s1. The van der Waals surface area contributed by atoms with Crippen LogP contribution in [0.4, 0.5) is 0 Å². The van der Waals surface area contributed by atoms with E-state index in [-0.39, 0.29) is 30.5 Å². The van der Waals surface area contributed by atoms with Crippen LogP contribution < -0.4 is 0 Å². The lowest BCUT2D eigenvalue weighted by Gasteiger charge is -2.69. The molecule has 2 aliphatic heterocycles. The van der Waals surface area contributed by atoms with Crippen molar-refractivity contribution in [3.05, 3.63) is 24.2 Å². The summed E-state index contributed by atoms with van der Waals surface area (Å²) in [5, 5.41) is 22.2. The van der Waals surface area contributed by atoms with Gasteiger partial charge in [-0.2, -0.15) is 0 Å². The highest BCUT2D eigenvalue weighted by molar-refractivity contribution is 5.93. The van der Waals surface area contributed by atoms with Crippen molar-refractivity contribution in [2.75, 3.05) is 0 Å². The lowest BCUT2D eigenvalue weighted by atomic mass is 9.34.